The van der Waals surface area contributed by atoms with Crippen molar-refractivity contribution in [2.45, 2.75) is 19.8 Å². The molecule has 0 aromatic carbocycles. The maximum Gasteiger partial charge on any atom is 0.236 e. The zero-order valence-corrected chi connectivity index (χ0v) is 11.0. The van der Waals surface area contributed by atoms with Crippen molar-refractivity contribution in [2.24, 2.45) is 5.92 Å². The Hall–Kier alpha value is -1.10. The lowest BCUT2D eigenvalue weighted by Gasteiger charge is -2.32. The number of hydrogen-bond donors (Lipinski definition) is 1. The number of carbonyl (C=O) groups is 2. The maximum absolute atomic E-state index is 12.0. The Balaban J connectivity index is 2.35. The third-order valence-corrected chi connectivity index (χ3v) is 3.11. The molecular formula is C12H23N3O2. The van der Waals surface area contributed by atoms with Crippen molar-refractivity contribution in [3.05, 3.63) is 0 Å². The normalized spacial score (nSPS) is 20.5. The number of amides is 2. The minimum absolute atomic E-state index is 0.0627. The summed E-state index contributed by atoms with van der Waals surface area (Å²) in [5.74, 6) is 0.659. The second-order valence-corrected chi connectivity index (χ2v) is 4.93. The Bertz CT molecular complexity index is 281. The Morgan fingerprint density at radius 2 is 2.12 bits per heavy atom. The van der Waals surface area contributed by atoms with Crippen molar-refractivity contribution in [2.75, 3.05) is 40.3 Å². The van der Waals surface area contributed by atoms with Crippen LogP contribution in [0.3, 0.4) is 0 Å². The topological polar surface area (TPSA) is 52.7 Å². The van der Waals surface area contributed by atoms with Gasteiger partial charge >= 0.3 is 0 Å². The molecule has 1 atom stereocenters. The lowest BCUT2D eigenvalue weighted by Crippen LogP contribution is -2.45. The molecule has 5 heteroatoms. The highest BCUT2D eigenvalue weighted by atomic mass is 16.2. The number of rotatable bonds is 4. The summed E-state index contributed by atoms with van der Waals surface area (Å²) in [7, 11) is 3.39. The van der Waals surface area contributed by atoms with Crippen molar-refractivity contribution in [3.63, 3.8) is 0 Å². The number of nitrogens with zero attached hydrogens (tertiary/aromatic N) is 2. The standard InChI is InChI=1S/C12H23N3O2/c1-10-5-4-6-15(7-10)12(17)9-14(3)8-11(16)13-2/h10H,4-9H2,1-3H3,(H,13,16). The van der Waals surface area contributed by atoms with Crippen LogP contribution in [0.5, 0.6) is 0 Å². The molecule has 0 radical (unpaired) electrons. The fourth-order valence-corrected chi connectivity index (χ4v) is 2.13. The van der Waals surface area contributed by atoms with Crippen LogP contribution in [-0.4, -0.2) is 61.9 Å². The number of carbonyl (C=O) groups excluding carboxylic acids is 2. The molecule has 0 saturated carbocycles. The fraction of sp³-hybridized carbons (Fsp3) is 0.833. The molecule has 0 aromatic rings. The lowest BCUT2D eigenvalue weighted by atomic mass is 10.0. The molecule has 1 aliphatic heterocycles. The van der Waals surface area contributed by atoms with E-state index in [0.29, 0.717) is 12.5 Å². The van der Waals surface area contributed by atoms with E-state index in [9.17, 15) is 9.59 Å². The smallest absolute Gasteiger partial charge is 0.236 e. The van der Waals surface area contributed by atoms with Gasteiger partial charge in [-0.15, -0.1) is 0 Å². The van der Waals surface area contributed by atoms with Crippen LogP contribution in [-0.2, 0) is 9.59 Å². The van der Waals surface area contributed by atoms with Gasteiger partial charge in [0.2, 0.25) is 11.8 Å². The molecule has 0 spiro atoms. The van der Waals surface area contributed by atoms with Gasteiger partial charge in [0.05, 0.1) is 13.1 Å². The molecule has 1 fully saturated rings. The SMILES string of the molecule is CNC(=O)CN(C)CC(=O)N1CCCC(C)C1. The van der Waals surface area contributed by atoms with Gasteiger partial charge in [0, 0.05) is 20.1 Å². The Kier molecular flexibility index (Phi) is 5.41. The van der Waals surface area contributed by atoms with Gasteiger partial charge in [-0.3, -0.25) is 14.5 Å². The van der Waals surface area contributed by atoms with E-state index in [0.717, 1.165) is 19.5 Å². The Morgan fingerprint density at radius 1 is 1.41 bits per heavy atom. The predicted octanol–water partition coefficient (Wildman–Crippen LogP) is -0.0773. The quantitative estimate of drug-likeness (QED) is 0.749. The molecule has 5 nitrogen and oxygen atoms in total. The van der Waals surface area contributed by atoms with Gasteiger partial charge in [-0.05, 0) is 25.8 Å². The molecule has 98 valence electrons. The lowest BCUT2D eigenvalue weighted by molar-refractivity contribution is -0.134. The van der Waals surface area contributed by atoms with Crippen LogP contribution in [0, 0.1) is 5.92 Å². The molecule has 1 unspecified atom stereocenters. The predicted molar refractivity (Wildman–Crippen MR) is 66.5 cm³/mol. The summed E-state index contributed by atoms with van der Waals surface area (Å²) in [4.78, 5) is 26.8. The number of likely N-dealkylation sites (N-methyl/N-ethyl adjacent to an activating group) is 2. The Morgan fingerprint density at radius 3 is 2.71 bits per heavy atom. The largest absolute Gasteiger partial charge is 0.358 e. The van der Waals surface area contributed by atoms with Crippen LogP contribution in [0.1, 0.15) is 19.8 Å². The average Bonchev–Trinajstić information content (AvgIpc) is 2.28. The fourth-order valence-electron chi connectivity index (χ4n) is 2.13. The number of likely N-dealkylation sites (tertiary alicyclic amines) is 1. The molecule has 1 heterocycles. The molecule has 0 aliphatic carbocycles. The molecule has 1 N–H and O–H groups in total. The van der Waals surface area contributed by atoms with Gasteiger partial charge in [0.1, 0.15) is 0 Å². The molecule has 0 aromatic heterocycles. The van der Waals surface area contributed by atoms with Gasteiger partial charge in [-0.1, -0.05) is 6.92 Å². The number of hydrogen-bond acceptors (Lipinski definition) is 3. The van der Waals surface area contributed by atoms with Crippen LogP contribution in [0.2, 0.25) is 0 Å². The van der Waals surface area contributed by atoms with E-state index >= 15 is 0 Å². The summed E-state index contributed by atoms with van der Waals surface area (Å²) >= 11 is 0. The summed E-state index contributed by atoms with van der Waals surface area (Å²) in [5, 5.41) is 2.55. The van der Waals surface area contributed by atoms with Crippen molar-refractivity contribution in [3.8, 4) is 0 Å². The summed E-state index contributed by atoms with van der Waals surface area (Å²) in [6, 6.07) is 0. The summed E-state index contributed by atoms with van der Waals surface area (Å²) in [6.07, 6.45) is 2.30. The molecule has 0 bridgehead atoms. The van der Waals surface area contributed by atoms with Gasteiger partial charge in [0.25, 0.3) is 0 Å². The molecule has 1 saturated heterocycles. The first-order chi connectivity index (χ1) is 8.02. The summed E-state index contributed by atoms with van der Waals surface area (Å²) in [6.45, 7) is 4.48. The van der Waals surface area contributed by atoms with Crippen LogP contribution in [0.4, 0.5) is 0 Å². The van der Waals surface area contributed by atoms with E-state index in [2.05, 4.69) is 12.2 Å². The highest BCUT2D eigenvalue weighted by molar-refractivity contribution is 5.81. The minimum atomic E-state index is -0.0627. The first-order valence-corrected chi connectivity index (χ1v) is 6.19. The zero-order valence-electron chi connectivity index (χ0n) is 11.0. The zero-order chi connectivity index (χ0) is 12.8. The third kappa shape index (κ3) is 4.73. The van der Waals surface area contributed by atoms with Crippen molar-refractivity contribution >= 4 is 11.8 Å². The minimum Gasteiger partial charge on any atom is -0.358 e. The highest BCUT2D eigenvalue weighted by Gasteiger charge is 2.21. The van der Waals surface area contributed by atoms with E-state index in [4.69, 9.17) is 0 Å². The summed E-state index contributed by atoms with van der Waals surface area (Å²) < 4.78 is 0. The van der Waals surface area contributed by atoms with Crippen LogP contribution < -0.4 is 5.32 Å². The van der Waals surface area contributed by atoms with Crippen molar-refractivity contribution < 1.29 is 9.59 Å². The second kappa shape index (κ2) is 6.59. The van der Waals surface area contributed by atoms with E-state index in [1.54, 1.807) is 19.0 Å². The number of nitrogens with one attached hydrogen (secondary N) is 1. The molecule has 1 aliphatic rings. The van der Waals surface area contributed by atoms with E-state index < -0.39 is 0 Å². The monoisotopic (exact) mass is 241 g/mol. The van der Waals surface area contributed by atoms with E-state index in [-0.39, 0.29) is 18.4 Å². The molecule has 2 amide bonds. The third-order valence-electron chi connectivity index (χ3n) is 3.11. The van der Waals surface area contributed by atoms with Crippen LogP contribution in [0.25, 0.3) is 0 Å². The first-order valence-electron chi connectivity index (χ1n) is 6.19. The second-order valence-electron chi connectivity index (χ2n) is 4.93. The van der Waals surface area contributed by atoms with Gasteiger partial charge in [-0.25, -0.2) is 0 Å². The van der Waals surface area contributed by atoms with Crippen LogP contribution >= 0.6 is 0 Å². The van der Waals surface area contributed by atoms with E-state index in [1.807, 2.05) is 4.90 Å². The first kappa shape index (κ1) is 14.0. The van der Waals surface area contributed by atoms with E-state index in [1.165, 1.54) is 6.42 Å². The van der Waals surface area contributed by atoms with Crippen molar-refractivity contribution in [1.29, 1.82) is 0 Å². The Labute approximate surface area is 103 Å². The van der Waals surface area contributed by atoms with Gasteiger partial charge in [-0.2, -0.15) is 0 Å². The van der Waals surface area contributed by atoms with Crippen LogP contribution in [0.15, 0.2) is 0 Å². The summed E-state index contributed by atoms with van der Waals surface area (Å²) in [5.41, 5.74) is 0. The van der Waals surface area contributed by atoms with Gasteiger partial charge < -0.3 is 10.2 Å². The molecule has 1 rings (SSSR count). The molecule has 17 heavy (non-hydrogen) atoms. The average molecular weight is 241 g/mol. The maximum atomic E-state index is 12.0. The number of piperidine rings is 1. The van der Waals surface area contributed by atoms with Crippen molar-refractivity contribution in [1.82, 2.24) is 15.1 Å². The highest BCUT2D eigenvalue weighted by Crippen LogP contribution is 2.15. The molecular weight excluding hydrogens is 218 g/mol. The van der Waals surface area contributed by atoms with Gasteiger partial charge in [0.15, 0.2) is 0 Å².